The zero-order chi connectivity index (χ0) is 9.30. The van der Waals surface area contributed by atoms with Crippen LogP contribution < -0.4 is 0 Å². The number of rotatable bonds is 1. The summed E-state index contributed by atoms with van der Waals surface area (Å²) >= 11 is 3.81. The van der Waals surface area contributed by atoms with Crippen molar-refractivity contribution in [2.24, 2.45) is 0 Å². The Morgan fingerprint density at radius 3 is 2.08 bits per heavy atom. The Balaban J connectivity index is 0.00000144. The zero-order valence-corrected chi connectivity index (χ0v) is 7.13. The van der Waals surface area contributed by atoms with Gasteiger partial charge in [-0.25, -0.2) is 0 Å². The summed E-state index contributed by atoms with van der Waals surface area (Å²) in [5, 5.41) is 36.2. The molecule has 1 aliphatic rings. The van der Waals surface area contributed by atoms with Crippen LogP contribution in [0, 0.1) is 0 Å². The fourth-order valence-electron chi connectivity index (χ4n) is 1.08. The third-order valence-electron chi connectivity index (χ3n) is 1.87. The molecule has 0 aromatic rings. The molecule has 0 aliphatic carbocycles. The molecule has 1 aliphatic heterocycles. The van der Waals surface area contributed by atoms with Crippen LogP contribution in [0.4, 0.5) is 0 Å². The van der Waals surface area contributed by atoms with E-state index >= 15 is 0 Å². The second-order valence-electron chi connectivity index (χ2n) is 2.72. The Morgan fingerprint density at radius 1 is 1.08 bits per heavy atom. The molecule has 0 amide bonds. The third kappa shape index (κ3) is 3.05. The van der Waals surface area contributed by atoms with Gasteiger partial charge in [0.1, 0.15) is 29.9 Å². The molecule has 74 valence electrons. The molecule has 1 saturated heterocycles. The van der Waals surface area contributed by atoms with Crippen LogP contribution in [0.1, 0.15) is 0 Å². The molecule has 1 rings (SSSR count). The molecule has 0 unspecified atom stereocenters. The van der Waals surface area contributed by atoms with Crippen molar-refractivity contribution in [1.29, 1.82) is 0 Å². The minimum absolute atomic E-state index is 0. The number of thiol groups is 1. The van der Waals surface area contributed by atoms with Crippen LogP contribution >= 0.6 is 12.6 Å². The summed E-state index contributed by atoms with van der Waals surface area (Å²) in [6.45, 7) is -0.415. The van der Waals surface area contributed by atoms with E-state index in [-0.39, 0.29) is 29.6 Å². The van der Waals surface area contributed by atoms with Crippen LogP contribution in [0.15, 0.2) is 0 Å². The molecule has 7 heteroatoms. The van der Waals surface area contributed by atoms with Gasteiger partial charge < -0.3 is 25.2 Å². The minimum atomic E-state index is -1.32. The van der Waals surface area contributed by atoms with Gasteiger partial charge in [0.2, 0.25) is 0 Å². The first-order chi connectivity index (χ1) is 5.57. The van der Waals surface area contributed by atoms with Crippen molar-refractivity contribution in [3.63, 3.8) is 0 Å². The number of ether oxygens (including phenoxy) is 1. The topological polar surface area (TPSA) is 90.2 Å². The second kappa shape index (κ2) is 5.89. The molecule has 1 fully saturated rings. The van der Waals surface area contributed by atoms with E-state index in [4.69, 9.17) is 14.9 Å². The van der Waals surface area contributed by atoms with Crippen molar-refractivity contribution in [3.05, 3.63) is 0 Å². The van der Waals surface area contributed by atoms with Crippen LogP contribution in [0.25, 0.3) is 0 Å². The molecule has 0 spiro atoms. The molecule has 13 heavy (non-hydrogen) atoms. The Morgan fingerprint density at radius 2 is 1.62 bits per heavy atom. The van der Waals surface area contributed by atoms with Crippen molar-refractivity contribution in [1.82, 2.24) is 0 Å². The normalized spacial score (nSPS) is 45.5. The monoisotopic (exact) mass is 220 g/mol. The van der Waals surface area contributed by atoms with Gasteiger partial charge in [-0.05, 0) is 0 Å². The van der Waals surface area contributed by atoms with Gasteiger partial charge in [0, 0.05) is 0 Å². The van der Waals surface area contributed by atoms with Gasteiger partial charge in [0.05, 0.1) is 6.61 Å². The summed E-state index contributed by atoms with van der Waals surface area (Å²) < 4.78 is 4.88. The Labute approximate surface area is 103 Å². The molecular formula is C6H13NaO5S. The van der Waals surface area contributed by atoms with E-state index in [1.165, 1.54) is 0 Å². The van der Waals surface area contributed by atoms with Crippen LogP contribution in [-0.2, 0) is 4.74 Å². The van der Waals surface area contributed by atoms with Crippen LogP contribution in [-0.4, -0.2) is 86.4 Å². The first kappa shape index (κ1) is 14.2. The quantitative estimate of drug-likeness (QED) is 0.241. The molecule has 0 aromatic carbocycles. The van der Waals surface area contributed by atoms with Crippen LogP contribution in [0.2, 0.25) is 0 Å². The van der Waals surface area contributed by atoms with Gasteiger partial charge in [-0.3, -0.25) is 0 Å². The zero-order valence-electron chi connectivity index (χ0n) is 6.24. The van der Waals surface area contributed by atoms with Gasteiger partial charge in [0.15, 0.2) is 0 Å². The molecule has 0 radical (unpaired) electrons. The standard InChI is InChI=1S/C6H12O5S.Na.H/c7-1-2-3(8)4(9)5(10)6(12)11-2;;/h2-10,12H,1H2;;/t2-,3-,4+,5-,6+;;/m1../s1. The molecule has 0 aromatic heterocycles. The number of hydrogen-bond donors (Lipinski definition) is 5. The maximum absolute atomic E-state index is 9.20. The predicted molar refractivity (Wildman–Crippen MR) is 49.9 cm³/mol. The first-order valence-electron chi connectivity index (χ1n) is 3.56. The summed E-state index contributed by atoms with van der Waals surface area (Å²) in [7, 11) is 0. The van der Waals surface area contributed by atoms with Crippen molar-refractivity contribution in [2.45, 2.75) is 29.9 Å². The average Bonchev–Trinajstić information content (AvgIpc) is 2.08. The summed E-state index contributed by atoms with van der Waals surface area (Å²) in [6.07, 6.45) is -4.70. The van der Waals surface area contributed by atoms with Crippen LogP contribution in [0.5, 0.6) is 0 Å². The van der Waals surface area contributed by atoms with Gasteiger partial charge in [-0.2, -0.15) is 0 Å². The first-order valence-corrected chi connectivity index (χ1v) is 4.08. The fourth-order valence-corrected chi connectivity index (χ4v) is 1.41. The molecule has 5 atom stereocenters. The van der Waals surface area contributed by atoms with Crippen molar-refractivity contribution >= 4 is 42.2 Å². The second-order valence-corrected chi connectivity index (χ2v) is 3.23. The van der Waals surface area contributed by atoms with E-state index in [9.17, 15) is 10.2 Å². The SMILES string of the molecule is OC[C@H]1O[C@@H](S)[C@H](O)[C@@H](O)[C@@H]1O.[NaH]. The third-order valence-corrected chi connectivity index (χ3v) is 2.29. The number of aliphatic hydroxyl groups is 4. The predicted octanol–water partition coefficient (Wildman–Crippen LogP) is -2.93. The number of aliphatic hydroxyl groups excluding tert-OH is 4. The van der Waals surface area contributed by atoms with Gasteiger partial charge >= 0.3 is 29.6 Å². The van der Waals surface area contributed by atoms with Gasteiger partial charge in [-0.1, -0.05) is 0 Å². The maximum atomic E-state index is 9.20. The Hall–Kier alpha value is 1.15. The molecule has 0 bridgehead atoms. The molecule has 1 heterocycles. The van der Waals surface area contributed by atoms with E-state index in [0.29, 0.717) is 0 Å². The fraction of sp³-hybridized carbons (Fsp3) is 1.00. The van der Waals surface area contributed by atoms with Gasteiger partial charge in [-0.15, -0.1) is 12.6 Å². The van der Waals surface area contributed by atoms with Crippen molar-refractivity contribution < 1.29 is 25.2 Å². The van der Waals surface area contributed by atoms with Crippen molar-refractivity contribution in [3.8, 4) is 0 Å². The Bertz CT molecular complexity index is 155. The molecule has 0 saturated carbocycles. The molecular weight excluding hydrogens is 207 g/mol. The van der Waals surface area contributed by atoms with E-state index < -0.39 is 36.5 Å². The van der Waals surface area contributed by atoms with Gasteiger partial charge in [0.25, 0.3) is 0 Å². The van der Waals surface area contributed by atoms with E-state index in [0.717, 1.165) is 0 Å². The van der Waals surface area contributed by atoms with E-state index in [1.807, 2.05) is 0 Å². The van der Waals surface area contributed by atoms with Crippen molar-refractivity contribution in [2.75, 3.05) is 6.61 Å². The average molecular weight is 220 g/mol. The summed E-state index contributed by atoms with van der Waals surface area (Å²) in [6, 6.07) is 0. The Kier molecular flexibility index (Phi) is 6.41. The summed E-state index contributed by atoms with van der Waals surface area (Å²) in [5.74, 6) is 0. The van der Waals surface area contributed by atoms with Crippen LogP contribution in [0.3, 0.4) is 0 Å². The van der Waals surface area contributed by atoms with E-state index in [2.05, 4.69) is 12.6 Å². The summed E-state index contributed by atoms with van der Waals surface area (Å²) in [5.41, 5.74) is -0.874. The number of hydrogen-bond acceptors (Lipinski definition) is 6. The molecule has 5 nitrogen and oxygen atoms in total. The van der Waals surface area contributed by atoms with E-state index in [1.54, 1.807) is 0 Å². The summed E-state index contributed by atoms with van der Waals surface area (Å²) in [4.78, 5) is 0. The molecule has 4 N–H and O–H groups in total.